The van der Waals surface area contributed by atoms with Crippen molar-refractivity contribution < 1.29 is 18.3 Å². The molecule has 36 heavy (non-hydrogen) atoms. The van der Waals surface area contributed by atoms with Crippen molar-refractivity contribution in [1.82, 2.24) is 14.8 Å². The van der Waals surface area contributed by atoms with Crippen molar-refractivity contribution in [1.29, 1.82) is 5.26 Å². The zero-order valence-corrected chi connectivity index (χ0v) is 19.4. The summed E-state index contributed by atoms with van der Waals surface area (Å²) in [4.78, 5) is 15.5. The Morgan fingerprint density at radius 3 is 2.67 bits per heavy atom. The van der Waals surface area contributed by atoms with Gasteiger partial charge >= 0.3 is 6.18 Å². The Labute approximate surface area is 203 Å². The number of pyridine rings is 1. The number of hydrogen-bond donors (Lipinski definition) is 3. The summed E-state index contributed by atoms with van der Waals surface area (Å²) >= 11 is 0. The molecule has 0 saturated heterocycles. The number of aliphatic hydroxyl groups is 1. The first-order chi connectivity index (χ1) is 17.1. The van der Waals surface area contributed by atoms with Crippen molar-refractivity contribution in [2.75, 3.05) is 5.32 Å². The summed E-state index contributed by atoms with van der Waals surface area (Å²) in [5.41, 5.74) is -3.82. The quantitative estimate of drug-likeness (QED) is 0.487. The summed E-state index contributed by atoms with van der Waals surface area (Å²) < 4.78 is 43.7. The lowest BCUT2D eigenvalue weighted by atomic mass is 9.83. The van der Waals surface area contributed by atoms with Crippen molar-refractivity contribution in [3.63, 3.8) is 0 Å². The smallest absolute Gasteiger partial charge is 0.376 e. The number of anilines is 2. The molecule has 3 atom stereocenters. The number of hydrogen-bond acceptors (Lipinski definition) is 5. The molecule has 0 amide bonds. The monoisotopic (exact) mass is 495 g/mol. The van der Waals surface area contributed by atoms with Crippen LogP contribution in [0.3, 0.4) is 0 Å². The third kappa shape index (κ3) is 2.47. The lowest BCUT2D eigenvalue weighted by Gasteiger charge is -2.33. The zero-order valence-electron chi connectivity index (χ0n) is 19.4. The second-order valence-corrected chi connectivity index (χ2v) is 11.1. The molecule has 186 valence electrons. The van der Waals surface area contributed by atoms with E-state index >= 15 is 0 Å². The lowest BCUT2D eigenvalue weighted by molar-refractivity contribution is -0.288. The number of nitrogens with one attached hydrogen (secondary N) is 2. The number of nitriles is 1. The highest BCUT2D eigenvalue weighted by molar-refractivity contribution is 5.91. The van der Waals surface area contributed by atoms with E-state index in [4.69, 9.17) is 5.10 Å². The van der Waals surface area contributed by atoms with Crippen molar-refractivity contribution >= 4 is 22.4 Å². The minimum atomic E-state index is -4.76. The second-order valence-electron chi connectivity index (χ2n) is 11.1. The van der Waals surface area contributed by atoms with E-state index in [-0.39, 0.29) is 17.5 Å². The average Bonchev–Trinajstić information content (AvgIpc) is 3.70. The number of H-pyrrole nitrogens is 1. The SMILES string of the molecule is N#C[C@]12CCCCC1(n1nc(Nc3ccc4c(c3)CC3(CC3)C4(O)C(F)(F)F)c3c(=O)[nH]ccc31)C2. The number of rotatable bonds is 3. The summed E-state index contributed by atoms with van der Waals surface area (Å²) in [6.45, 7) is 0. The molecule has 3 fully saturated rings. The molecule has 0 aliphatic heterocycles. The molecule has 3 N–H and O–H groups in total. The van der Waals surface area contributed by atoms with Crippen LogP contribution in [-0.4, -0.2) is 26.0 Å². The Kier molecular flexibility index (Phi) is 3.96. The predicted octanol–water partition coefficient (Wildman–Crippen LogP) is 4.74. The number of nitrogens with zero attached hydrogens (tertiary/aromatic N) is 3. The predicted molar refractivity (Wildman–Crippen MR) is 125 cm³/mol. The van der Waals surface area contributed by atoms with Crippen LogP contribution < -0.4 is 10.9 Å². The largest absolute Gasteiger partial charge is 0.422 e. The molecule has 2 heterocycles. The lowest BCUT2D eigenvalue weighted by Crippen LogP contribution is -2.47. The summed E-state index contributed by atoms with van der Waals surface area (Å²) in [6.07, 6.45) is 1.86. The van der Waals surface area contributed by atoms with Gasteiger partial charge in [-0.25, -0.2) is 0 Å². The molecule has 4 aliphatic rings. The first-order valence-corrected chi connectivity index (χ1v) is 12.3. The van der Waals surface area contributed by atoms with E-state index in [0.29, 0.717) is 47.2 Å². The number of fused-ring (bicyclic) bond motifs is 3. The number of aromatic amines is 1. The maximum Gasteiger partial charge on any atom is 0.422 e. The summed E-state index contributed by atoms with van der Waals surface area (Å²) in [5, 5.41) is 29.1. The number of alkyl halides is 3. The molecule has 7 rings (SSSR count). The van der Waals surface area contributed by atoms with Crippen LogP contribution in [0.2, 0.25) is 0 Å². The normalized spacial score (nSPS) is 31.6. The standard InChI is InChI=1S/C26H24F3N5O2/c27-26(28,29)25(36)17-4-3-16(11-15(17)12-22(25)8-9-22)32-20-19-18(5-10-31-21(19)35)34(33-20)24-7-2-1-6-23(24,13-24)14-30/h3-5,10-11,36H,1-2,6-9,12-13H2,(H,31,35)(H,32,33)/t23-,24?,25?/m1/s1. The van der Waals surface area contributed by atoms with Crippen molar-refractivity contribution in [3.8, 4) is 6.07 Å². The first kappa shape index (κ1) is 21.9. The highest BCUT2D eigenvalue weighted by atomic mass is 19.4. The fourth-order valence-electron chi connectivity index (χ4n) is 7.25. The van der Waals surface area contributed by atoms with Crippen LogP contribution in [0.25, 0.3) is 10.9 Å². The highest BCUT2D eigenvalue weighted by Crippen LogP contribution is 2.70. The van der Waals surface area contributed by atoms with Gasteiger partial charge in [-0.2, -0.15) is 23.5 Å². The van der Waals surface area contributed by atoms with Gasteiger partial charge < -0.3 is 15.4 Å². The van der Waals surface area contributed by atoms with Crippen LogP contribution in [-0.2, 0) is 17.6 Å². The Balaban J connectivity index is 1.31. The van der Waals surface area contributed by atoms with Crippen LogP contribution in [0, 0.1) is 22.2 Å². The van der Waals surface area contributed by atoms with E-state index in [1.807, 2.05) is 4.68 Å². The van der Waals surface area contributed by atoms with Crippen molar-refractivity contribution in [2.24, 2.45) is 10.8 Å². The van der Waals surface area contributed by atoms with Gasteiger partial charge in [0, 0.05) is 17.3 Å². The van der Waals surface area contributed by atoms with Gasteiger partial charge in [-0.1, -0.05) is 18.9 Å². The van der Waals surface area contributed by atoms with E-state index in [1.165, 1.54) is 12.1 Å². The Morgan fingerprint density at radius 1 is 1.17 bits per heavy atom. The topological polar surface area (TPSA) is 107 Å². The van der Waals surface area contributed by atoms with Crippen molar-refractivity contribution in [3.05, 3.63) is 51.9 Å². The van der Waals surface area contributed by atoms with Crippen LogP contribution in [0.15, 0.2) is 35.3 Å². The number of aromatic nitrogens is 3. The second kappa shape index (κ2) is 6.51. The molecule has 3 saturated carbocycles. The third-order valence-electron chi connectivity index (χ3n) is 9.35. The first-order valence-electron chi connectivity index (χ1n) is 12.3. The minimum Gasteiger partial charge on any atom is -0.376 e. The maximum atomic E-state index is 14.0. The zero-order chi connectivity index (χ0) is 25.1. The molecular weight excluding hydrogens is 471 g/mol. The van der Waals surface area contributed by atoms with Crippen LogP contribution in [0.5, 0.6) is 0 Å². The van der Waals surface area contributed by atoms with Gasteiger partial charge in [-0.3, -0.25) is 9.48 Å². The van der Waals surface area contributed by atoms with E-state index in [9.17, 15) is 28.3 Å². The maximum absolute atomic E-state index is 14.0. The molecule has 10 heteroatoms. The molecule has 1 aromatic carbocycles. The van der Waals surface area contributed by atoms with Gasteiger partial charge in [0.25, 0.3) is 5.56 Å². The van der Waals surface area contributed by atoms with E-state index in [2.05, 4.69) is 16.4 Å². The Morgan fingerprint density at radius 2 is 1.94 bits per heavy atom. The summed E-state index contributed by atoms with van der Waals surface area (Å²) in [7, 11) is 0. The molecule has 3 aromatic rings. The fourth-order valence-corrected chi connectivity index (χ4v) is 7.25. The molecular formula is C26H24F3N5O2. The van der Waals surface area contributed by atoms with Gasteiger partial charge in [-0.15, -0.1) is 0 Å². The van der Waals surface area contributed by atoms with E-state index in [1.54, 1.807) is 18.3 Å². The molecule has 0 bridgehead atoms. The third-order valence-corrected chi connectivity index (χ3v) is 9.35. The highest BCUT2D eigenvalue weighted by Gasteiger charge is 2.75. The number of halogens is 3. The molecule has 1 spiro atoms. The summed E-state index contributed by atoms with van der Waals surface area (Å²) in [5.74, 6) is 0.302. The molecule has 4 aliphatic carbocycles. The molecule has 0 radical (unpaired) electrons. The van der Waals surface area contributed by atoms with Gasteiger partial charge in [0.15, 0.2) is 11.4 Å². The summed E-state index contributed by atoms with van der Waals surface area (Å²) in [6, 6.07) is 8.74. The molecule has 7 nitrogen and oxygen atoms in total. The Bertz CT molecular complexity index is 1550. The molecule has 2 unspecified atom stereocenters. The van der Waals surface area contributed by atoms with Crippen LogP contribution in [0.4, 0.5) is 24.7 Å². The van der Waals surface area contributed by atoms with Gasteiger partial charge in [0.1, 0.15) is 5.39 Å². The fraction of sp³-hybridized carbons (Fsp3) is 0.500. The van der Waals surface area contributed by atoms with Crippen LogP contribution >= 0.6 is 0 Å². The van der Waals surface area contributed by atoms with Crippen LogP contribution in [0.1, 0.15) is 56.1 Å². The van der Waals surface area contributed by atoms with E-state index in [0.717, 1.165) is 25.7 Å². The van der Waals surface area contributed by atoms with E-state index < -0.39 is 28.1 Å². The van der Waals surface area contributed by atoms with Crippen molar-refractivity contribution in [2.45, 2.75) is 68.7 Å². The van der Waals surface area contributed by atoms with Gasteiger partial charge in [0.05, 0.1) is 22.5 Å². The minimum absolute atomic E-state index is 0.0934. The molecule has 2 aromatic heterocycles. The van der Waals surface area contributed by atoms with Gasteiger partial charge in [-0.05, 0) is 67.9 Å². The average molecular weight is 496 g/mol. The number of benzene rings is 1. The van der Waals surface area contributed by atoms with Gasteiger partial charge in [0.2, 0.25) is 0 Å². The Hall–Kier alpha value is -3.32.